The van der Waals surface area contributed by atoms with Crippen LogP contribution in [0.3, 0.4) is 0 Å². The number of ether oxygens (including phenoxy) is 5. The van der Waals surface area contributed by atoms with Gasteiger partial charge in [0.15, 0.2) is 18.3 Å². The zero-order valence-corrected chi connectivity index (χ0v) is 14.4. The molecule has 0 aromatic heterocycles. The summed E-state index contributed by atoms with van der Waals surface area (Å²) < 4.78 is 26.6. The van der Waals surface area contributed by atoms with Gasteiger partial charge in [-0.15, -0.1) is 0 Å². The van der Waals surface area contributed by atoms with Crippen LogP contribution >= 0.6 is 23.2 Å². The van der Waals surface area contributed by atoms with Gasteiger partial charge in [-0.25, -0.2) is 4.79 Å². The molecular formula is C17H12Cl2O6. The van der Waals surface area contributed by atoms with Gasteiger partial charge in [-0.3, -0.25) is 0 Å². The van der Waals surface area contributed by atoms with Gasteiger partial charge in [-0.1, -0.05) is 23.2 Å². The highest BCUT2D eigenvalue weighted by atomic mass is 35.5. The number of carbonyl (C=O) groups excluding carboxylic acids is 1. The van der Waals surface area contributed by atoms with Gasteiger partial charge in [0.05, 0.1) is 17.2 Å². The molecule has 0 aliphatic carbocycles. The molecule has 130 valence electrons. The molecule has 0 unspecified atom stereocenters. The van der Waals surface area contributed by atoms with E-state index in [1.165, 1.54) is 12.1 Å². The molecule has 2 aliphatic heterocycles. The van der Waals surface area contributed by atoms with Crippen molar-refractivity contribution in [3.63, 3.8) is 0 Å². The van der Waals surface area contributed by atoms with Crippen LogP contribution in [0, 0.1) is 0 Å². The van der Waals surface area contributed by atoms with Crippen molar-refractivity contribution >= 4 is 29.2 Å². The monoisotopic (exact) mass is 382 g/mol. The molecular weight excluding hydrogens is 371 g/mol. The third-order valence-electron chi connectivity index (χ3n) is 3.77. The highest BCUT2D eigenvalue weighted by Crippen LogP contribution is 2.40. The predicted octanol–water partition coefficient (Wildman–Crippen LogP) is 3.95. The second kappa shape index (κ2) is 6.63. The maximum Gasteiger partial charge on any atom is 0.338 e. The van der Waals surface area contributed by atoms with E-state index in [9.17, 15) is 4.79 Å². The van der Waals surface area contributed by atoms with Gasteiger partial charge in [0.1, 0.15) is 12.4 Å². The lowest BCUT2D eigenvalue weighted by atomic mass is 10.1. The van der Waals surface area contributed by atoms with Crippen LogP contribution < -0.4 is 14.2 Å². The van der Waals surface area contributed by atoms with Crippen LogP contribution in [-0.2, 0) is 22.7 Å². The van der Waals surface area contributed by atoms with Crippen molar-refractivity contribution in [3.05, 3.63) is 51.0 Å². The third-order valence-corrected chi connectivity index (χ3v) is 4.27. The zero-order chi connectivity index (χ0) is 17.4. The molecule has 0 saturated carbocycles. The second-order valence-electron chi connectivity index (χ2n) is 5.43. The molecule has 2 aromatic rings. The molecule has 4 rings (SSSR count). The topological polar surface area (TPSA) is 63.2 Å². The Kier molecular flexibility index (Phi) is 4.33. The molecule has 0 saturated heterocycles. The molecule has 0 spiro atoms. The number of carbonyl (C=O) groups is 1. The SMILES string of the molecule is O=C(OCc1cc(Cl)cc2c1OCOC2)c1cc(Cl)c2c(c1)OCO2. The highest BCUT2D eigenvalue weighted by molar-refractivity contribution is 6.32. The minimum absolute atomic E-state index is 0.00773. The number of rotatable bonds is 3. The fourth-order valence-corrected chi connectivity index (χ4v) is 3.20. The molecule has 25 heavy (non-hydrogen) atoms. The minimum Gasteiger partial charge on any atom is -0.467 e. The van der Waals surface area contributed by atoms with E-state index in [1.807, 2.05) is 0 Å². The zero-order valence-electron chi connectivity index (χ0n) is 12.8. The number of halogens is 2. The van der Waals surface area contributed by atoms with Crippen molar-refractivity contribution in [2.75, 3.05) is 13.6 Å². The molecule has 2 aromatic carbocycles. The summed E-state index contributed by atoms with van der Waals surface area (Å²) in [5.74, 6) is 0.934. The molecule has 0 amide bonds. The number of hydrogen-bond acceptors (Lipinski definition) is 6. The first-order valence-electron chi connectivity index (χ1n) is 7.40. The summed E-state index contributed by atoms with van der Waals surface area (Å²) in [6.07, 6.45) is 0. The Bertz CT molecular complexity index is 852. The fourth-order valence-electron chi connectivity index (χ4n) is 2.68. The lowest BCUT2D eigenvalue weighted by Crippen LogP contribution is -2.14. The Balaban J connectivity index is 1.53. The van der Waals surface area contributed by atoms with E-state index in [1.54, 1.807) is 12.1 Å². The number of benzene rings is 2. The molecule has 2 heterocycles. The molecule has 0 radical (unpaired) electrons. The summed E-state index contributed by atoms with van der Waals surface area (Å²) in [5, 5.41) is 0.813. The van der Waals surface area contributed by atoms with Crippen molar-refractivity contribution in [2.24, 2.45) is 0 Å². The summed E-state index contributed by atoms with van der Waals surface area (Å²) in [6, 6.07) is 6.48. The van der Waals surface area contributed by atoms with E-state index in [0.717, 1.165) is 5.56 Å². The first-order valence-corrected chi connectivity index (χ1v) is 8.15. The standard InChI is InChI=1S/C17H12Cl2O6/c18-12-1-10-5-21-7-24-15(10)11(2-12)6-22-17(20)9-3-13(19)16-14(4-9)23-8-25-16/h1-4H,5-8H2. The van der Waals surface area contributed by atoms with E-state index in [0.29, 0.717) is 39.5 Å². The summed E-state index contributed by atoms with van der Waals surface area (Å²) in [6.45, 7) is 0.622. The van der Waals surface area contributed by atoms with Gasteiger partial charge in [-0.2, -0.15) is 0 Å². The van der Waals surface area contributed by atoms with Crippen molar-refractivity contribution in [1.29, 1.82) is 0 Å². The normalized spacial score (nSPS) is 14.6. The number of esters is 1. The highest BCUT2D eigenvalue weighted by Gasteiger charge is 2.22. The third kappa shape index (κ3) is 3.20. The molecule has 0 N–H and O–H groups in total. The van der Waals surface area contributed by atoms with Gasteiger partial charge < -0.3 is 23.7 Å². The van der Waals surface area contributed by atoms with Crippen LogP contribution in [0.25, 0.3) is 0 Å². The summed E-state index contributed by atoms with van der Waals surface area (Å²) in [5.41, 5.74) is 1.76. The maximum atomic E-state index is 12.3. The minimum atomic E-state index is -0.541. The largest absolute Gasteiger partial charge is 0.467 e. The van der Waals surface area contributed by atoms with Gasteiger partial charge in [0, 0.05) is 16.1 Å². The Morgan fingerprint density at radius 1 is 1.04 bits per heavy atom. The lowest BCUT2D eigenvalue weighted by Gasteiger charge is -2.21. The Hall–Kier alpha value is -2.15. The maximum absolute atomic E-state index is 12.3. The van der Waals surface area contributed by atoms with Crippen molar-refractivity contribution in [2.45, 2.75) is 13.2 Å². The predicted molar refractivity (Wildman–Crippen MR) is 88.4 cm³/mol. The first-order chi connectivity index (χ1) is 12.1. The summed E-state index contributed by atoms with van der Waals surface area (Å²) in [4.78, 5) is 12.3. The summed E-state index contributed by atoms with van der Waals surface area (Å²) in [7, 11) is 0. The van der Waals surface area contributed by atoms with E-state index in [2.05, 4.69) is 0 Å². The Morgan fingerprint density at radius 2 is 1.88 bits per heavy atom. The van der Waals surface area contributed by atoms with Crippen LogP contribution in [-0.4, -0.2) is 19.6 Å². The van der Waals surface area contributed by atoms with Gasteiger partial charge >= 0.3 is 5.97 Å². The summed E-state index contributed by atoms with van der Waals surface area (Å²) >= 11 is 12.2. The smallest absolute Gasteiger partial charge is 0.338 e. The Labute approximate surface area is 153 Å². The quantitative estimate of drug-likeness (QED) is 0.749. The van der Waals surface area contributed by atoms with E-state index in [4.69, 9.17) is 46.9 Å². The molecule has 2 aliphatic rings. The second-order valence-corrected chi connectivity index (χ2v) is 6.28. The number of hydrogen-bond donors (Lipinski definition) is 0. The van der Waals surface area contributed by atoms with Crippen LogP contribution in [0.1, 0.15) is 21.5 Å². The Morgan fingerprint density at radius 3 is 2.76 bits per heavy atom. The lowest BCUT2D eigenvalue weighted by molar-refractivity contribution is -0.0180. The first kappa shape index (κ1) is 16.3. The van der Waals surface area contributed by atoms with Crippen molar-refractivity contribution in [3.8, 4) is 17.2 Å². The van der Waals surface area contributed by atoms with Crippen LogP contribution in [0.4, 0.5) is 0 Å². The van der Waals surface area contributed by atoms with Crippen LogP contribution in [0.2, 0.25) is 10.0 Å². The van der Waals surface area contributed by atoms with Crippen molar-refractivity contribution < 1.29 is 28.5 Å². The number of fused-ring (bicyclic) bond motifs is 2. The van der Waals surface area contributed by atoms with Crippen LogP contribution in [0.15, 0.2) is 24.3 Å². The van der Waals surface area contributed by atoms with Crippen molar-refractivity contribution in [1.82, 2.24) is 0 Å². The van der Waals surface area contributed by atoms with E-state index in [-0.39, 0.29) is 25.8 Å². The van der Waals surface area contributed by atoms with Crippen LogP contribution in [0.5, 0.6) is 17.2 Å². The molecule has 0 atom stereocenters. The molecule has 6 nitrogen and oxygen atoms in total. The average Bonchev–Trinajstić information content (AvgIpc) is 3.08. The van der Waals surface area contributed by atoms with E-state index >= 15 is 0 Å². The van der Waals surface area contributed by atoms with Gasteiger partial charge in [-0.05, 0) is 24.3 Å². The molecule has 8 heteroatoms. The average molecular weight is 383 g/mol. The van der Waals surface area contributed by atoms with Gasteiger partial charge in [0.25, 0.3) is 0 Å². The fraction of sp³-hybridized carbons (Fsp3) is 0.235. The molecule has 0 fully saturated rings. The van der Waals surface area contributed by atoms with Gasteiger partial charge in [0.2, 0.25) is 6.79 Å². The van der Waals surface area contributed by atoms with E-state index < -0.39 is 5.97 Å². The molecule has 0 bridgehead atoms.